The van der Waals surface area contributed by atoms with Gasteiger partial charge in [0.2, 0.25) is 0 Å². The van der Waals surface area contributed by atoms with Crippen LogP contribution >= 0.6 is 0 Å². The highest BCUT2D eigenvalue weighted by molar-refractivity contribution is 5.41. The summed E-state index contributed by atoms with van der Waals surface area (Å²) < 4.78 is 11.0. The Morgan fingerprint density at radius 1 is 1.30 bits per heavy atom. The van der Waals surface area contributed by atoms with Crippen molar-refractivity contribution in [1.82, 2.24) is 5.16 Å². The van der Waals surface area contributed by atoms with E-state index in [0.717, 1.165) is 36.7 Å². The molecule has 106 valence electrons. The molecule has 1 aromatic heterocycles. The molecule has 0 amide bonds. The van der Waals surface area contributed by atoms with Gasteiger partial charge in [0, 0.05) is 12.6 Å². The van der Waals surface area contributed by atoms with Gasteiger partial charge < -0.3 is 14.6 Å². The average Bonchev–Trinajstić information content (AvgIpc) is 2.81. The first-order chi connectivity index (χ1) is 9.52. The highest BCUT2D eigenvalue weighted by Crippen LogP contribution is 2.33. The minimum Gasteiger partial charge on any atom is -0.488 e. The van der Waals surface area contributed by atoms with Gasteiger partial charge in [-0.25, -0.2) is 0 Å². The third-order valence-electron chi connectivity index (χ3n) is 3.61. The van der Waals surface area contributed by atoms with Gasteiger partial charge in [-0.15, -0.1) is 0 Å². The number of nitrogens with one attached hydrogen (secondary N) is 1. The molecule has 0 unspecified atom stereocenters. The smallest absolute Gasteiger partial charge is 0.169 e. The van der Waals surface area contributed by atoms with Gasteiger partial charge in [0.1, 0.15) is 17.1 Å². The number of hydrogen-bond acceptors (Lipinski definition) is 4. The first-order valence-corrected chi connectivity index (χ1v) is 7.00. The Morgan fingerprint density at radius 3 is 2.90 bits per heavy atom. The molecule has 0 saturated heterocycles. The van der Waals surface area contributed by atoms with E-state index < -0.39 is 0 Å². The molecule has 2 aromatic rings. The van der Waals surface area contributed by atoms with Crippen molar-refractivity contribution in [2.75, 3.05) is 5.32 Å². The Hall–Kier alpha value is -1.97. The number of fused-ring (bicyclic) bond motifs is 1. The molecular weight excluding hydrogens is 252 g/mol. The van der Waals surface area contributed by atoms with Crippen molar-refractivity contribution in [2.45, 2.75) is 45.8 Å². The predicted octanol–water partition coefficient (Wildman–Crippen LogP) is 3.70. The van der Waals surface area contributed by atoms with E-state index >= 15 is 0 Å². The molecule has 0 bridgehead atoms. The summed E-state index contributed by atoms with van der Waals surface area (Å²) in [6, 6.07) is 8.27. The SMILES string of the molecule is Cc1cc(NCc2ccc3c(c2)CCC(C)(C)O3)no1. The Labute approximate surface area is 119 Å². The van der Waals surface area contributed by atoms with Crippen LogP contribution < -0.4 is 10.1 Å². The van der Waals surface area contributed by atoms with Crippen LogP contribution in [-0.2, 0) is 13.0 Å². The van der Waals surface area contributed by atoms with E-state index in [9.17, 15) is 0 Å². The number of ether oxygens (including phenoxy) is 1. The van der Waals surface area contributed by atoms with Gasteiger partial charge in [-0.05, 0) is 50.8 Å². The summed E-state index contributed by atoms with van der Waals surface area (Å²) in [5.41, 5.74) is 2.47. The molecule has 4 nitrogen and oxygen atoms in total. The van der Waals surface area contributed by atoms with E-state index in [1.807, 2.05) is 13.0 Å². The lowest BCUT2D eigenvalue weighted by Crippen LogP contribution is -2.32. The Balaban J connectivity index is 1.70. The normalized spacial score (nSPS) is 16.4. The zero-order chi connectivity index (χ0) is 14.2. The molecule has 1 aromatic carbocycles. The zero-order valence-electron chi connectivity index (χ0n) is 12.2. The summed E-state index contributed by atoms with van der Waals surface area (Å²) in [5.74, 6) is 2.61. The van der Waals surface area contributed by atoms with Crippen LogP contribution in [0.15, 0.2) is 28.8 Å². The second-order valence-electron chi connectivity index (χ2n) is 5.98. The summed E-state index contributed by atoms with van der Waals surface area (Å²) in [6.45, 7) is 6.90. The van der Waals surface area contributed by atoms with Crippen LogP contribution in [0.5, 0.6) is 5.75 Å². The van der Waals surface area contributed by atoms with Crippen molar-refractivity contribution in [3.63, 3.8) is 0 Å². The Bertz CT molecular complexity index is 617. The molecule has 4 heteroatoms. The van der Waals surface area contributed by atoms with Crippen LogP contribution in [0.25, 0.3) is 0 Å². The quantitative estimate of drug-likeness (QED) is 0.925. The van der Waals surface area contributed by atoms with Crippen LogP contribution in [-0.4, -0.2) is 10.8 Å². The molecule has 1 N–H and O–H groups in total. The first kappa shape index (κ1) is 13.0. The fourth-order valence-corrected chi connectivity index (χ4v) is 2.46. The molecule has 0 atom stereocenters. The van der Waals surface area contributed by atoms with E-state index in [0.29, 0.717) is 0 Å². The maximum Gasteiger partial charge on any atom is 0.169 e. The number of rotatable bonds is 3. The van der Waals surface area contributed by atoms with Gasteiger partial charge in [-0.1, -0.05) is 17.3 Å². The monoisotopic (exact) mass is 272 g/mol. The summed E-state index contributed by atoms with van der Waals surface area (Å²) >= 11 is 0. The van der Waals surface area contributed by atoms with Crippen LogP contribution in [0.2, 0.25) is 0 Å². The molecule has 2 heterocycles. The second kappa shape index (κ2) is 4.85. The van der Waals surface area contributed by atoms with E-state index in [4.69, 9.17) is 9.26 Å². The van der Waals surface area contributed by atoms with Crippen LogP contribution in [0.1, 0.15) is 37.2 Å². The summed E-state index contributed by atoms with van der Waals surface area (Å²) in [4.78, 5) is 0. The van der Waals surface area contributed by atoms with Crippen LogP contribution in [0.4, 0.5) is 5.82 Å². The summed E-state index contributed by atoms with van der Waals surface area (Å²) in [5, 5.41) is 7.19. The molecule has 1 aliphatic heterocycles. The maximum atomic E-state index is 5.99. The lowest BCUT2D eigenvalue weighted by molar-refractivity contribution is 0.0846. The van der Waals surface area contributed by atoms with Crippen molar-refractivity contribution < 1.29 is 9.26 Å². The molecule has 0 radical (unpaired) electrons. The van der Waals surface area contributed by atoms with Gasteiger partial charge in [0.15, 0.2) is 5.82 Å². The zero-order valence-corrected chi connectivity index (χ0v) is 12.2. The van der Waals surface area contributed by atoms with Crippen molar-refractivity contribution in [2.24, 2.45) is 0 Å². The molecule has 1 aliphatic rings. The standard InChI is InChI=1S/C16H20N2O2/c1-11-8-15(18-20-11)17-10-12-4-5-14-13(9-12)6-7-16(2,3)19-14/h4-5,8-9H,6-7,10H2,1-3H3,(H,17,18). The molecule has 0 aliphatic carbocycles. The average molecular weight is 272 g/mol. The molecule has 3 rings (SSSR count). The maximum absolute atomic E-state index is 5.99. The number of nitrogens with zero attached hydrogens (tertiary/aromatic N) is 1. The van der Waals surface area contributed by atoms with Crippen LogP contribution in [0, 0.1) is 6.92 Å². The van der Waals surface area contributed by atoms with E-state index in [1.54, 1.807) is 0 Å². The minimum absolute atomic E-state index is 0.0506. The molecule has 0 fully saturated rings. The summed E-state index contributed by atoms with van der Waals surface area (Å²) in [7, 11) is 0. The number of anilines is 1. The van der Waals surface area contributed by atoms with Crippen molar-refractivity contribution in [3.8, 4) is 5.75 Å². The molecule has 20 heavy (non-hydrogen) atoms. The van der Waals surface area contributed by atoms with Gasteiger partial charge in [-0.3, -0.25) is 0 Å². The van der Waals surface area contributed by atoms with Crippen molar-refractivity contribution >= 4 is 5.82 Å². The number of benzene rings is 1. The van der Waals surface area contributed by atoms with E-state index in [1.165, 1.54) is 11.1 Å². The first-order valence-electron chi connectivity index (χ1n) is 7.00. The summed E-state index contributed by atoms with van der Waals surface area (Å²) in [6.07, 6.45) is 2.12. The highest BCUT2D eigenvalue weighted by atomic mass is 16.5. The van der Waals surface area contributed by atoms with Gasteiger partial charge >= 0.3 is 0 Å². The van der Waals surface area contributed by atoms with Crippen molar-refractivity contribution in [3.05, 3.63) is 41.2 Å². The number of aryl methyl sites for hydroxylation is 2. The van der Waals surface area contributed by atoms with Crippen molar-refractivity contribution in [1.29, 1.82) is 0 Å². The fourth-order valence-electron chi connectivity index (χ4n) is 2.46. The molecule has 0 spiro atoms. The second-order valence-corrected chi connectivity index (χ2v) is 5.98. The number of hydrogen-bond donors (Lipinski definition) is 1. The molecule has 0 saturated carbocycles. The lowest BCUT2D eigenvalue weighted by atomic mass is 9.93. The molecular formula is C16H20N2O2. The predicted molar refractivity (Wildman–Crippen MR) is 78.0 cm³/mol. The van der Waals surface area contributed by atoms with E-state index in [2.05, 4.69) is 42.5 Å². The van der Waals surface area contributed by atoms with E-state index in [-0.39, 0.29) is 5.60 Å². The van der Waals surface area contributed by atoms with Crippen LogP contribution in [0.3, 0.4) is 0 Å². The lowest BCUT2D eigenvalue weighted by Gasteiger charge is -2.32. The van der Waals surface area contributed by atoms with Gasteiger partial charge in [0.05, 0.1) is 0 Å². The third kappa shape index (κ3) is 2.79. The largest absolute Gasteiger partial charge is 0.488 e. The highest BCUT2D eigenvalue weighted by Gasteiger charge is 2.26. The Kier molecular flexibility index (Phi) is 3.16. The van der Waals surface area contributed by atoms with Gasteiger partial charge in [0.25, 0.3) is 0 Å². The third-order valence-corrected chi connectivity index (χ3v) is 3.61. The Morgan fingerprint density at radius 2 is 2.15 bits per heavy atom. The minimum atomic E-state index is -0.0506. The van der Waals surface area contributed by atoms with Gasteiger partial charge in [-0.2, -0.15) is 0 Å². The topological polar surface area (TPSA) is 47.3 Å². The number of aromatic nitrogens is 1. The fraction of sp³-hybridized carbons (Fsp3) is 0.438.